The van der Waals surface area contributed by atoms with Crippen LogP contribution in [-0.2, 0) is 6.54 Å². The number of aromatic nitrogens is 3. The number of likely N-dealkylation sites (tertiary alicyclic amines) is 1. The average molecular weight is 487 g/mol. The van der Waals surface area contributed by atoms with Crippen LogP contribution in [0.1, 0.15) is 54.0 Å². The normalized spacial score (nSPS) is 23.2. The summed E-state index contributed by atoms with van der Waals surface area (Å²) in [5, 5.41) is 0. The molecule has 5 rings (SSSR count). The van der Waals surface area contributed by atoms with Crippen molar-refractivity contribution < 1.29 is 13.2 Å². The SMILES string of the molecule is Cc1cccnc1[C@@H]1CCC[C@H](c2nc3ccccn3c2CN2CCN(CC(F)(F)F)CC2)N1C. The van der Waals surface area contributed by atoms with Crippen molar-refractivity contribution in [3.8, 4) is 0 Å². The molecule has 6 nitrogen and oxygen atoms in total. The zero-order chi connectivity index (χ0) is 24.6. The first-order chi connectivity index (χ1) is 16.8. The number of pyridine rings is 2. The summed E-state index contributed by atoms with van der Waals surface area (Å²) in [5.41, 5.74) is 5.47. The molecule has 2 fully saturated rings. The molecule has 0 saturated carbocycles. The highest BCUT2D eigenvalue weighted by Gasteiger charge is 2.36. The molecule has 35 heavy (non-hydrogen) atoms. The maximum Gasteiger partial charge on any atom is 0.401 e. The van der Waals surface area contributed by atoms with Gasteiger partial charge in [-0.2, -0.15) is 13.2 Å². The highest BCUT2D eigenvalue weighted by molar-refractivity contribution is 5.44. The number of aryl methyl sites for hydroxylation is 1. The predicted octanol–water partition coefficient (Wildman–Crippen LogP) is 4.62. The second kappa shape index (κ2) is 9.87. The summed E-state index contributed by atoms with van der Waals surface area (Å²) in [6, 6.07) is 10.5. The van der Waals surface area contributed by atoms with Gasteiger partial charge in [-0.1, -0.05) is 12.1 Å². The molecule has 0 unspecified atom stereocenters. The van der Waals surface area contributed by atoms with Crippen molar-refractivity contribution in [3.05, 3.63) is 65.4 Å². The molecule has 3 aromatic rings. The standard InChI is InChI=1S/C26H33F3N6/c1-19-7-6-11-30-24(19)20-8-5-9-21(32(20)2)25-22(35-12-4-3-10-23(35)31-25)17-33-13-15-34(16-14-33)18-26(27,28)29/h3-4,6-7,10-12,20-21H,5,8-9,13-18H2,1-2H3/t20-,21+/m0/s1. The second-order valence-electron chi connectivity index (χ2n) is 9.87. The number of nitrogens with zero attached hydrogens (tertiary/aromatic N) is 6. The summed E-state index contributed by atoms with van der Waals surface area (Å²) in [6.07, 6.45) is 2.95. The molecule has 2 aliphatic heterocycles. The van der Waals surface area contributed by atoms with Crippen LogP contribution in [0.4, 0.5) is 13.2 Å². The molecular formula is C26H33F3N6. The molecule has 0 aliphatic carbocycles. The lowest BCUT2D eigenvalue weighted by molar-refractivity contribution is -0.149. The van der Waals surface area contributed by atoms with Crippen molar-refractivity contribution in [2.45, 2.75) is 51.0 Å². The van der Waals surface area contributed by atoms with Crippen molar-refractivity contribution in [2.75, 3.05) is 39.8 Å². The number of hydrogen-bond donors (Lipinski definition) is 0. The van der Waals surface area contributed by atoms with E-state index in [9.17, 15) is 13.2 Å². The van der Waals surface area contributed by atoms with Crippen LogP contribution in [0.2, 0.25) is 0 Å². The lowest BCUT2D eigenvalue weighted by Crippen LogP contribution is -2.49. The Hall–Kier alpha value is -2.49. The maximum absolute atomic E-state index is 12.8. The van der Waals surface area contributed by atoms with Gasteiger partial charge in [0.25, 0.3) is 0 Å². The van der Waals surface area contributed by atoms with Crippen molar-refractivity contribution in [3.63, 3.8) is 0 Å². The molecule has 0 aromatic carbocycles. The molecule has 2 aliphatic rings. The van der Waals surface area contributed by atoms with Crippen molar-refractivity contribution >= 4 is 5.65 Å². The van der Waals surface area contributed by atoms with Crippen molar-refractivity contribution in [1.29, 1.82) is 0 Å². The molecule has 0 radical (unpaired) electrons. The van der Waals surface area contributed by atoms with E-state index in [1.807, 2.05) is 36.7 Å². The lowest BCUT2D eigenvalue weighted by atomic mass is 9.90. The second-order valence-corrected chi connectivity index (χ2v) is 9.87. The van der Waals surface area contributed by atoms with Crippen LogP contribution in [0.5, 0.6) is 0 Å². The van der Waals surface area contributed by atoms with Crippen LogP contribution in [0.15, 0.2) is 42.7 Å². The summed E-state index contributed by atoms with van der Waals surface area (Å²) in [5.74, 6) is 0. The molecular weight excluding hydrogens is 453 g/mol. The van der Waals surface area contributed by atoms with E-state index in [4.69, 9.17) is 9.97 Å². The van der Waals surface area contributed by atoms with Gasteiger partial charge < -0.3 is 4.40 Å². The van der Waals surface area contributed by atoms with Crippen LogP contribution in [0.3, 0.4) is 0 Å². The Morgan fingerprint density at radius 1 is 0.943 bits per heavy atom. The van der Waals surface area contributed by atoms with E-state index in [2.05, 4.69) is 34.2 Å². The van der Waals surface area contributed by atoms with Gasteiger partial charge in [-0.15, -0.1) is 0 Å². The van der Waals surface area contributed by atoms with Crippen molar-refractivity contribution in [1.82, 2.24) is 29.1 Å². The highest BCUT2D eigenvalue weighted by atomic mass is 19.4. The Bertz CT molecular complexity index is 1150. The molecule has 188 valence electrons. The van der Waals surface area contributed by atoms with Crippen LogP contribution in [-0.4, -0.2) is 75.0 Å². The third kappa shape index (κ3) is 5.22. The molecule has 2 atom stereocenters. The zero-order valence-electron chi connectivity index (χ0n) is 20.4. The van der Waals surface area contributed by atoms with Crippen LogP contribution in [0.25, 0.3) is 5.65 Å². The Morgan fingerprint density at radius 3 is 2.37 bits per heavy atom. The predicted molar refractivity (Wildman–Crippen MR) is 129 cm³/mol. The molecule has 3 aromatic heterocycles. The molecule has 0 amide bonds. The van der Waals surface area contributed by atoms with Gasteiger partial charge in [0.2, 0.25) is 0 Å². The summed E-state index contributed by atoms with van der Waals surface area (Å²) in [4.78, 5) is 16.0. The molecule has 0 N–H and O–H groups in total. The molecule has 9 heteroatoms. The van der Waals surface area contributed by atoms with Gasteiger partial charge in [-0.25, -0.2) is 4.98 Å². The number of halogens is 3. The molecule has 0 bridgehead atoms. The number of rotatable bonds is 5. The number of alkyl halides is 3. The van der Waals surface area contributed by atoms with E-state index in [-0.39, 0.29) is 12.1 Å². The fraction of sp³-hybridized carbons (Fsp3) is 0.538. The third-order valence-corrected chi connectivity index (χ3v) is 7.52. The van der Waals surface area contributed by atoms with E-state index in [0.717, 1.165) is 42.0 Å². The first-order valence-corrected chi connectivity index (χ1v) is 12.4. The van der Waals surface area contributed by atoms with E-state index in [1.54, 1.807) is 0 Å². The number of imidazole rings is 1. The van der Waals surface area contributed by atoms with Gasteiger partial charge in [-0.05, 0) is 57.0 Å². The first-order valence-electron chi connectivity index (χ1n) is 12.4. The fourth-order valence-corrected chi connectivity index (χ4v) is 5.69. The van der Waals surface area contributed by atoms with Crippen LogP contribution < -0.4 is 0 Å². The number of fused-ring (bicyclic) bond motifs is 1. The summed E-state index contributed by atoms with van der Waals surface area (Å²) in [6.45, 7) is 4.05. The first kappa shape index (κ1) is 24.2. The highest BCUT2D eigenvalue weighted by Crippen LogP contribution is 2.41. The lowest BCUT2D eigenvalue weighted by Gasteiger charge is -2.40. The van der Waals surface area contributed by atoms with Gasteiger partial charge >= 0.3 is 6.18 Å². The Balaban J connectivity index is 1.40. The van der Waals surface area contributed by atoms with E-state index in [1.165, 1.54) is 10.5 Å². The Morgan fingerprint density at radius 2 is 1.66 bits per heavy atom. The maximum atomic E-state index is 12.8. The minimum absolute atomic E-state index is 0.163. The quantitative estimate of drug-likeness (QED) is 0.527. The van der Waals surface area contributed by atoms with Gasteiger partial charge in [0.05, 0.1) is 35.7 Å². The number of piperidine rings is 1. The van der Waals surface area contributed by atoms with Crippen LogP contribution >= 0.6 is 0 Å². The average Bonchev–Trinajstić information content (AvgIpc) is 3.18. The van der Waals surface area contributed by atoms with E-state index < -0.39 is 12.7 Å². The molecule has 0 spiro atoms. The van der Waals surface area contributed by atoms with Gasteiger partial charge in [-0.3, -0.25) is 19.7 Å². The zero-order valence-corrected chi connectivity index (χ0v) is 20.4. The third-order valence-electron chi connectivity index (χ3n) is 7.52. The van der Waals surface area contributed by atoms with Gasteiger partial charge in [0.1, 0.15) is 5.65 Å². The van der Waals surface area contributed by atoms with Crippen LogP contribution in [0, 0.1) is 6.92 Å². The minimum Gasteiger partial charge on any atom is -0.302 e. The number of hydrogen-bond acceptors (Lipinski definition) is 5. The molecule has 2 saturated heterocycles. The minimum atomic E-state index is -4.15. The van der Waals surface area contributed by atoms with E-state index >= 15 is 0 Å². The van der Waals surface area contributed by atoms with Crippen molar-refractivity contribution in [2.24, 2.45) is 0 Å². The van der Waals surface area contributed by atoms with Gasteiger partial charge in [0, 0.05) is 45.1 Å². The monoisotopic (exact) mass is 486 g/mol. The van der Waals surface area contributed by atoms with E-state index in [0.29, 0.717) is 32.7 Å². The summed E-state index contributed by atoms with van der Waals surface area (Å²) in [7, 11) is 2.17. The Kier molecular flexibility index (Phi) is 6.83. The molecule has 5 heterocycles. The topological polar surface area (TPSA) is 39.9 Å². The fourth-order valence-electron chi connectivity index (χ4n) is 5.69. The smallest absolute Gasteiger partial charge is 0.302 e. The number of piperazine rings is 1. The summed E-state index contributed by atoms with van der Waals surface area (Å²) >= 11 is 0. The van der Waals surface area contributed by atoms with Gasteiger partial charge in [0.15, 0.2) is 0 Å². The largest absolute Gasteiger partial charge is 0.401 e. The Labute approximate surface area is 204 Å². The summed E-state index contributed by atoms with van der Waals surface area (Å²) < 4.78 is 40.6.